The molecule has 0 saturated heterocycles. The van der Waals surface area contributed by atoms with Crippen molar-refractivity contribution in [2.24, 2.45) is 5.73 Å². The van der Waals surface area contributed by atoms with E-state index in [2.05, 4.69) is 25.6 Å². The van der Waals surface area contributed by atoms with Crippen molar-refractivity contribution in [3.05, 3.63) is 29.3 Å². The van der Waals surface area contributed by atoms with Crippen molar-refractivity contribution in [2.45, 2.75) is 18.2 Å². The molecule has 0 radical (unpaired) electrons. The van der Waals surface area contributed by atoms with Crippen LogP contribution >= 0.6 is 12.6 Å². The fourth-order valence-electron chi connectivity index (χ4n) is 1.10. The maximum Gasteiger partial charge on any atom is 0.00719 e. The van der Waals surface area contributed by atoms with Crippen LogP contribution in [0.5, 0.6) is 0 Å². The van der Waals surface area contributed by atoms with Crippen molar-refractivity contribution < 1.29 is 0 Å². The molecule has 60 valence electrons. The van der Waals surface area contributed by atoms with Gasteiger partial charge in [0.05, 0.1) is 0 Å². The largest absolute Gasteiger partial charge is 0.330 e. The van der Waals surface area contributed by atoms with Gasteiger partial charge in [0, 0.05) is 4.90 Å². The molecule has 1 aromatic carbocycles. The molecule has 0 amide bonds. The zero-order valence-corrected chi connectivity index (χ0v) is 7.57. The van der Waals surface area contributed by atoms with Crippen LogP contribution in [0.4, 0.5) is 0 Å². The number of nitrogens with two attached hydrogens (primary N) is 1. The Labute approximate surface area is 73.0 Å². The van der Waals surface area contributed by atoms with Gasteiger partial charge in [-0.25, -0.2) is 0 Å². The number of thiol groups is 1. The summed E-state index contributed by atoms with van der Waals surface area (Å²) < 4.78 is 0. The third-order valence-corrected chi connectivity index (χ3v) is 2.32. The van der Waals surface area contributed by atoms with Gasteiger partial charge < -0.3 is 5.73 Å². The fourth-order valence-corrected chi connectivity index (χ4v) is 1.33. The van der Waals surface area contributed by atoms with E-state index in [0.717, 1.165) is 11.3 Å². The van der Waals surface area contributed by atoms with E-state index in [1.807, 2.05) is 12.1 Å². The minimum absolute atomic E-state index is 0.706. The van der Waals surface area contributed by atoms with Crippen molar-refractivity contribution in [1.82, 2.24) is 0 Å². The fraction of sp³-hybridized carbons (Fsp3) is 0.333. The standard InChI is InChI=1S/C9H13NS/c1-7-8(5-6-10)3-2-4-9(7)11/h2-4,11H,5-6,10H2,1H3. The molecule has 2 heteroatoms. The summed E-state index contributed by atoms with van der Waals surface area (Å²) in [7, 11) is 0. The second-order valence-corrected chi connectivity index (χ2v) is 3.08. The Morgan fingerprint density at radius 1 is 1.45 bits per heavy atom. The minimum atomic E-state index is 0.706. The second-order valence-electron chi connectivity index (χ2n) is 2.60. The van der Waals surface area contributed by atoms with Crippen LogP contribution in [0.1, 0.15) is 11.1 Å². The third kappa shape index (κ3) is 1.98. The van der Waals surface area contributed by atoms with Crippen LogP contribution in [0.2, 0.25) is 0 Å². The second kappa shape index (κ2) is 3.79. The van der Waals surface area contributed by atoms with Crippen LogP contribution < -0.4 is 5.73 Å². The van der Waals surface area contributed by atoms with E-state index in [4.69, 9.17) is 5.73 Å². The summed E-state index contributed by atoms with van der Waals surface area (Å²) in [4.78, 5) is 1.05. The Bertz CT molecular complexity index is 245. The first kappa shape index (κ1) is 8.62. The van der Waals surface area contributed by atoms with E-state index in [1.165, 1.54) is 11.1 Å². The van der Waals surface area contributed by atoms with E-state index in [0.29, 0.717) is 6.54 Å². The zero-order chi connectivity index (χ0) is 8.27. The van der Waals surface area contributed by atoms with Gasteiger partial charge in [-0.15, -0.1) is 12.6 Å². The lowest BCUT2D eigenvalue weighted by molar-refractivity contribution is 0.949. The lowest BCUT2D eigenvalue weighted by atomic mass is 10.1. The molecule has 0 aromatic heterocycles. The summed E-state index contributed by atoms with van der Waals surface area (Å²) in [5, 5.41) is 0. The van der Waals surface area contributed by atoms with Crippen molar-refractivity contribution in [3.8, 4) is 0 Å². The highest BCUT2D eigenvalue weighted by Crippen LogP contribution is 2.16. The molecule has 0 aliphatic rings. The normalized spacial score (nSPS) is 10.1. The van der Waals surface area contributed by atoms with Crippen LogP contribution in [0, 0.1) is 6.92 Å². The molecule has 0 spiro atoms. The van der Waals surface area contributed by atoms with Crippen LogP contribution in [0.15, 0.2) is 23.1 Å². The molecule has 0 atom stereocenters. The molecular weight excluding hydrogens is 154 g/mol. The number of benzene rings is 1. The van der Waals surface area contributed by atoms with Crippen molar-refractivity contribution in [1.29, 1.82) is 0 Å². The Morgan fingerprint density at radius 2 is 2.18 bits per heavy atom. The SMILES string of the molecule is Cc1c(S)cccc1CCN. The Balaban J connectivity index is 2.96. The monoisotopic (exact) mass is 167 g/mol. The molecule has 1 rings (SSSR count). The molecule has 0 bridgehead atoms. The number of hydrogen-bond acceptors (Lipinski definition) is 2. The molecule has 0 aliphatic carbocycles. The van der Waals surface area contributed by atoms with Gasteiger partial charge in [0.1, 0.15) is 0 Å². The summed E-state index contributed by atoms with van der Waals surface area (Å²) in [6, 6.07) is 6.11. The highest BCUT2D eigenvalue weighted by Gasteiger charge is 1.98. The molecule has 0 aliphatic heterocycles. The van der Waals surface area contributed by atoms with Gasteiger partial charge in [-0.1, -0.05) is 12.1 Å². The summed E-state index contributed by atoms with van der Waals surface area (Å²) in [5.74, 6) is 0. The average molecular weight is 167 g/mol. The maximum atomic E-state index is 5.45. The van der Waals surface area contributed by atoms with Gasteiger partial charge in [0.25, 0.3) is 0 Å². The molecule has 0 fully saturated rings. The molecule has 11 heavy (non-hydrogen) atoms. The van der Waals surface area contributed by atoms with Gasteiger partial charge in [0.15, 0.2) is 0 Å². The lowest BCUT2D eigenvalue weighted by Gasteiger charge is -2.05. The summed E-state index contributed by atoms with van der Waals surface area (Å²) in [6.45, 7) is 2.78. The van der Waals surface area contributed by atoms with E-state index < -0.39 is 0 Å². The van der Waals surface area contributed by atoms with Gasteiger partial charge in [-0.05, 0) is 37.1 Å². The maximum absolute atomic E-state index is 5.45. The minimum Gasteiger partial charge on any atom is -0.330 e. The molecular formula is C9H13NS. The van der Waals surface area contributed by atoms with Crippen LogP contribution in [-0.4, -0.2) is 6.54 Å². The topological polar surface area (TPSA) is 26.0 Å². The molecule has 0 heterocycles. The highest BCUT2D eigenvalue weighted by molar-refractivity contribution is 7.80. The molecule has 1 nitrogen and oxygen atoms in total. The molecule has 2 N–H and O–H groups in total. The number of rotatable bonds is 2. The van der Waals surface area contributed by atoms with E-state index in [1.54, 1.807) is 0 Å². The molecule has 0 unspecified atom stereocenters. The molecule has 0 saturated carbocycles. The van der Waals surface area contributed by atoms with Gasteiger partial charge in [-0.2, -0.15) is 0 Å². The predicted octanol–water partition coefficient (Wildman–Crippen LogP) is 1.78. The Hall–Kier alpha value is -0.470. The van der Waals surface area contributed by atoms with Gasteiger partial charge in [-0.3, -0.25) is 0 Å². The van der Waals surface area contributed by atoms with Crippen molar-refractivity contribution in [3.63, 3.8) is 0 Å². The lowest BCUT2D eigenvalue weighted by Crippen LogP contribution is -2.04. The Morgan fingerprint density at radius 3 is 2.82 bits per heavy atom. The van der Waals surface area contributed by atoms with E-state index in [-0.39, 0.29) is 0 Å². The van der Waals surface area contributed by atoms with E-state index in [9.17, 15) is 0 Å². The zero-order valence-electron chi connectivity index (χ0n) is 6.67. The predicted molar refractivity (Wildman–Crippen MR) is 51.2 cm³/mol. The van der Waals surface area contributed by atoms with Crippen molar-refractivity contribution >= 4 is 12.6 Å². The summed E-state index contributed by atoms with van der Waals surface area (Å²) in [6.07, 6.45) is 0.945. The Kier molecular flexibility index (Phi) is 2.97. The van der Waals surface area contributed by atoms with Crippen molar-refractivity contribution in [2.75, 3.05) is 6.54 Å². The van der Waals surface area contributed by atoms with Gasteiger partial charge >= 0.3 is 0 Å². The van der Waals surface area contributed by atoms with Gasteiger partial charge in [0.2, 0.25) is 0 Å². The van der Waals surface area contributed by atoms with Crippen LogP contribution in [0.25, 0.3) is 0 Å². The average Bonchev–Trinajstić information content (AvgIpc) is 1.99. The van der Waals surface area contributed by atoms with Crippen LogP contribution in [0.3, 0.4) is 0 Å². The highest BCUT2D eigenvalue weighted by atomic mass is 32.1. The summed E-state index contributed by atoms with van der Waals surface area (Å²) >= 11 is 4.32. The van der Waals surface area contributed by atoms with Crippen LogP contribution in [-0.2, 0) is 6.42 Å². The quantitative estimate of drug-likeness (QED) is 0.645. The summed E-state index contributed by atoms with van der Waals surface area (Å²) in [5.41, 5.74) is 8.01. The molecule has 1 aromatic rings. The van der Waals surface area contributed by atoms with E-state index >= 15 is 0 Å². The number of hydrogen-bond donors (Lipinski definition) is 2. The smallest absolute Gasteiger partial charge is 0.00719 e. The first-order valence-corrected chi connectivity index (χ1v) is 4.18. The first-order chi connectivity index (χ1) is 5.25. The third-order valence-electron chi connectivity index (χ3n) is 1.83. The first-order valence-electron chi connectivity index (χ1n) is 3.73.